The quantitative estimate of drug-likeness (QED) is 0.658. The zero-order chi connectivity index (χ0) is 17.2. The molecule has 3 rings (SSSR count). The van der Waals surface area contributed by atoms with Crippen LogP contribution in [-0.4, -0.2) is 16.1 Å². The lowest BCUT2D eigenvalue weighted by atomic mass is 10.1. The van der Waals surface area contributed by atoms with Gasteiger partial charge in [0.15, 0.2) is 6.61 Å². The summed E-state index contributed by atoms with van der Waals surface area (Å²) in [7, 11) is 0. The molecule has 9 heteroatoms. The second kappa shape index (κ2) is 6.44. The van der Waals surface area contributed by atoms with Gasteiger partial charge in [-0.15, -0.1) is 0 Å². The first-order valence-electron chi connectivity index (χ1n) is 6.63. The van der Waals surface area contributed by atoms with Gasteiger partial charge in [-0.2, -0.15) is 29.5 Å². The van der Waals surface area contributed by atoms with Gasteiger partial charge in [-0.1, -0.05) is 11.2 Å². The van der Waals surface area contributed by atoms with Crippen LogP contribution >= 0.6 is 11.3 Å². The third-order valence-corrected chi connectivity index (χ3v) is 3.68. The van der Waals surface area contributed by atoms with Crippen molar-refractivity contribution in [1.29, 1.82) is 0 Å². The molecule has 2 heterocycles. The lowest BCUT2D eigenvalue weighted by Crippen LogP contribution is -2.10. The fraction of sp³-hybridized carbons (Fsp3) is 0.133. The minimum Gasteiger partial charge on any atom is -0.454 e. The molecule has 2 aromatic heterocycles. The first-order valence-corrected chi connectivity index (χ1v) is 7.57. The Labute approximate surface area is 137 Å². The van der Waals surface area contributed by atoms with E-state index in [1.807, 2.05) is 10.8 Å². The average molecular weight is 354 g/mol. The highest BCUT2D eigenvalue weighted by Crippen LogP contribution is 2.29. The highest BCUT2D eigenvalue weighted by atomic mass is 32.1. The van der Waals surface area contributed by atoms with Crippen molar-refractivity contribution in [2.45, 2.75) is 12.8 Å². The van der Waals surface area contributed by atoms with E-state index in [9.17, 15) is 18.0 Å². The van der Waals surface area contributed by atoms with Gasteiger partial charge >= 0.3 is 12.1 Å². The van der Waals surface area contributed by atoms with Crippen molar-refractivity contribution in [3.05, 3.63) is 58.0 Å². The molecule has 24 heavy (non-hydrogen) atoms. The molecule has 0 unspecified atom stereocenters. The number of carbonyl (C=O) groups excluding carboxylic acids is 1. The Hall–Kier alpha value is -2.68. The fourth-order valence-electron chi connectivity index (χ4n) is 1.85. The molecule has 0 radical (unpaired) electrons. The number of carbonyl (C=O) groups is 1. The summed E-state index contributed by atoms with van der Waals surface area (Å²) >= 11 is 1.46. The van der Waals surface area contributed by atoms with E-state index in [0.29, 0.717) is 0 Å². The van der Waals surface area contributed by atoms with Gasteiger partial charge in [-0.3, -0.25) is 0 Å². The van der Waals surface area contributed by atoms with Crippen LogP contribution in [-0.2, 0) is 17.5 Å². The van der Waals surface area contributed by atoms with Crippen molar-refractivity contribution >= 4 is 17.3 Å². The summed E-state index contributed by atoms with van der Waals surface area (Å²) in [5.41, 5.74) is -0.384. The molecular formula is C15H9F3N2O3S. The molecule has 124 valence electrons. The molecule has 0 amide bonds. The van der Waals surface area contributed by atoms with Crippen molar-refractivity contribution in [1.82, 2.24) is 10.1 Å². The lowest BCUT2D eigenvalue weighted by Gasteiger charge is -2.08. The third-order valence-electron chi connectivity index (χ3n) is 2.99. The van der Waals surface area contributed by atoms with Crippen molar-refractivity contribution in [3.8, 4) is 11.5 Å². The molecule has 0 fully saturated rings. The van der Waals surface area contributed by atoms with Crippen molar-refractivity contribution in [2.75, 3.05) is 0 Å². The van der Waals surface area contributed by atoms with Crippen LogP contribution in [0.3, 0.4) is 0 Å². The van der Waals surface area contributed by atoms with E-state index in [4.69, 9.17) is 9.26 Å². The van der Waals surface area contributed by atoms with Crippen LogP contribution in [0, 0.1) is 0 Å². The monoisotopic (exact) mass is 354 g/mol. The second-order valence-corrected chi connectivity index (χ2v) is 5.46. The summed E-state index contributed by atoms with van der Waals surface area (Å²) in [6.45, 7) is -0.303. The van der Waals surface area contributed by atoms with Crippen LogP contribution in [0.15, 0.2) is 45.6 Å². The van der Waals surface area contributed by atoms with Gasteiger partial charge < -0.3 is 9.26 Å². The first kappa shape index (κ1) is 16.2. The van der Waals surface area contributed by atoms with Crippen LogP contribution in [0.4, 0.5) is 13.2 Å². The molecule has 0 spiro atoms. The van der Waals surface area contributed by atoms with Gasteiger partial charge in [-0.25, -0.2) is 4.79 Å². The molecule has 0 saturated heterocycles. The molecule has 0 saturated carbocycles. The van der Waals surface area contributed by atoms with E-state index in [-0.39, 0.29) is 23.9 Å². The summed E-state index contributed by atoms with van der Waals surface area (Å²) in [5, 5.41) is 7.31. The maximum atomic E-state index is 12.6. The lowest BCUT2D eigenvalue weighted by molar-refractivity contribution is -0.137. The first-order chi connectivity index (χ1) is 11.4. The molecule has 0 aliphatic heterocycles. The number of hydrogen-bond acceptors (Lipinski definition) is 6. The van der Waals surface area contributed by atoms with Gasteiger partial charge in [0.2, 0.25) is 5.82 Å². The average Bonchev–Trinajstić information content (AvgIpc) is 3.23. The number of ether oxygens (including phenoxy) is 1. The van der Waals surface area contributed by atoms with Gasteiger partial charge in [0.25, 0.3) is 5.89 Å². The minimum absolute atomic E-state index is 0.122. The number of thiophene rings is 1. The van der Waals surface area contributed by atoms with E-state index < -0.39 is 17.7 Å². The number of hydrogen-bond donors (Lipinski definition) is 0. The molecule has 0 aliphatic rings. The summed E-state index contributed by atoms with van der Waals surface area (Å²) in [5.74, 6) is -0.499. The van der Waals surface area contributed by atoms with Crippen molar-refractivity contribution in [2.24, 2.45) is 0 Å². The highest BCUT2D eigenvalue weighted by molar-refractivity contribution is 7.08. The number of nitrogens with zero attached hydrogens (tertiary/aromatic N) is 2. The predicted octanol–water partition coefficient (Wildman–Crippen LogP) is 4.17. The van der Waals surface area contributed by atoms with E-state index in [2.05, 4.69) is 10.1 Å². The van der Waals surface area contributed by atoms with Crippen molar-refractivity contribution < 1.29 is 27.2 Å². The largest absolute Gasteiger partial charge is 0.454 e. The van der Waals surface area contributed by atoms with E-state index in [1.165, 1.54) is 17.4 Å². The van der Waals surface area contributed by atoms with E-state index >= 15 is 0 Å². The molecular weight excluding hydrogens is 345 g/mol. The molecule has 0 N–H and O–H groups in total. The molecule has 0 bridgehead atoms. The molecule has 5 nitrogen and oxygen atoms in total. The van der Waals surface area contributed by atoms with Crippen LogP contribution < -0.4 is 0 Å². The van der Waals surface area contributed by atoms with Gasteiger partial charge in [0, 0.05) is 5.38 Å². The maximum absolute atomic E-state index is 12.6. The Morgan fingerprint density at radius 1 is 1.29 bits per heavy atom. The number of aromatic nitrogens is 2. The third kappa shape index (κ3) is 3.62. The summed E-state index contributed by atoms with van der Waals surface area (Å²) in [4.78, 5) is 15.9. The molecule has 3 aromatic rings. The Kier molecular flexibility index (Phi) is 4.34. The zero-order valence-electron chi connectivity index (χ0n) is 11.9. The molecule has 1 aromatic carbocycles. The normalized spacial score (nSPS) is 11.5. The van der Waals surface area contributed by atoms with Gasteiger partial charge in [-0.05, 0) is 29.6 Å². The summed E-state index contributed by atoms with van der Waals surface area (Å²) in [6, 6.07) is 5.78. The molecule has 0 atom stereocenters. The minimum atomic E-state index is -4.53. The number of rotatable bonds is 4. The Balaban J connectivity index is 1.66. The smallest absolute Gasteiger partial charge is 0.416 e. The highest BCUT2D eigenvalue weighted by Gasteiger charge is 2.31. The standard InChI is InChI=1S/C15H9F3N2O3S/c16-15(17,18)11-3-1-2-9(6-11)14(21)22-7-12-19-13(23-20-12)10-4-5-24-8-10/h1-6,8H,7H2. The summed E-state index contributed by atoms with van der Waals surface area (Å²) < 4.78 is 47.8. The SMILES string of the molecule is O=C(OCc1noc(-c2ccsc2)n1)c1cccc(C(F)(F)F)c1. The topological polar surface area (TPSA) is 65.2 Å². The fourth-order valence-corrected chi connectivity index (χ4v) is 2.48. The van der Waals surface area contributed by atoms with E-state index in [1.54, 1.807) is 6.07 Å². The number of benzene rings is 1. The maximum Gasteiger partial charge on any atom is 0.416 e. The Morgan fingerprint density at radius 3 is 2.83 bits per heavy atom. The van der Waals surface area contributed by atoms with Gasteiger partial charge in [0.05, 0.1) is 16.7 Å². The van der Waals surface area contributed by atoms with Crippen molar-refractivity contribution in [3.63, 3.8) is 0 Å². The van der Waals surface area contributed by atoms with Crippen LogP contribution in [0.25, 0.3) is 11.5 Å². The second-order valence-electron chi connectivity index (χ2n) is 4.68. The zero-order valence-corrected chi connectivity index (χ0v) is 12.7. The Morgan fingerprint density at radius 2 is 2.12 bits per heavy atom. The molecule has 0 aliphatic carbocycles. The van der Waals surface area contributed by atoms with Crippen LogP contribution in [0.1, 0.15) is 21.7 Å². The Bertz CT molecular complexity index is 844. The predicted molar refractivity (Wildman–Crippen MR) is 78.2 cm³/mol. The number of alkyl halides is 3. The van der Waals surface area contributed by atoms with Crippen LogP contribution in [0.2, 0.25) is 0 Å². The van der Waals surface area contributed by atoms with Gasteiger partial charge in [0.1, 0.15) is 0 Å². The number of esters is 1. The number of halogens is 3. The van der Waals surface area contributed by atoms with E-state index in [0.717, 1.165) is 23.8 Å². The summed E-state index contributed by atoms with van der Waals surface area (Å²) in [6.07, 6.45) is -4.53. The van der Waals surface area contributed by atoms with Crippen LogP contribution in [0.5, 0.6) is 0 Å².